The summed E-state index contributed by atoms with van der Waals surface area (Å²) in [7, 11) is 0. The van der Waals surface area contributed by atoms with Crippen molar-refractivity contribution in [1.82, 2.24) is 9.97 Å². The molecule has 2 atom stereocenters. The van der Waals surface area contributed by atoms with Gasteiger partial charge in [-0.1, -0.05) is 13.8 Å². The number of aryl methyl sites for hydroxylation is 1. The Labute approximate surface area is 95.7 Å². The minimum Gasteiger partial charge on any atom is -0.356 e. The summed E-state index contributed by atoms with van der Waals surface area (Å²) in [5.41, 5.74) is -0.0617. The monoisotopic (exact) mass is 221 g/mol. The van der Waals surface area contributed by atoms with Gasteiger partial charge in [0.05, 0.1) is 0 Å². The Kier molecular flexibility index (Phi) is 2.99. The van der Waals surface area contributed by atoms with Crippen LogP contribution in [0.15, 0.2) is 10.9 Å². The van der Waals surface area contributed by atoms with Crippen LogP contribution in [0.25, 0.3) is 0 Å². The van der Waals surface area contributed by atoms with E-state index in [0.29, 0.717) is 17.7 Å². The summed E-state index contributed by atoms with van der Waals surface area (Å²) >= 11 is 0. The zero-order valence-corrected chi connectivity index (χ0v) is 10.2. The Morgan fingerprint density at radius 2 is 2.00 bits per heavy atom. The summed E-state index contributed by atoms with van der Waals surface area (Å²) in [6.07, 6.45) is 1.26. The van der Waals surface area contributed by atoms with Crippen molar-refractivity contribution in [1.29, 1.82) is 0 Å². The van der Waals surface area contributed by atoms with E-state index in [9.17, 15) is 4.79 Å². The van der Waals surface area contributed by atoms with E-state index in [2.05, 4.69) is 28.7 Å². The average Bonchev–Trinajstić information content (AvgIpc) is 2.14. The molecular formula is C12H19N3O. The van der Waals surface area contributed by atoms with Crippen LogP contribution in [-0.4, -0.2) is 23.1 Å². The summed E-state index contributed by atoms with van der Waals surface area (Å²) in [6.45, 7) is 8.33. The maximum atomic E-state index is 11.4. The van der Waals surface area contributed by atoms with Crippen LogP contribution >= 0.6 is 0 Å². The highest BCUT2D eigenvalue weighted by atomic mass is 16.1. The number of hydrogen-bond donors (Lipinski definition) is 1. The van der Waals surface area contributed by atoms with Gasteiger partial charge in [0.15, 0.2) is 0 Å². The van der Waals surface area contributed by atoms with E-state index >= 15 is 0 Å². The van der Waals surface area contributed by atoms with E-state index in [4.69, 9.17) is 0 Å². The minimum atomic E-state index is -0.0617. The minimum absolute atomic E-state index is 0.0617. The molecule has 1 aromatic heterocycles. The van der Waals surface area contributed by atoms with Gasteiger partial charge >= 0.3 is 0 Å². The molecule has 0 radical (unpaired) electrons. The third-order valence-corrected chi connectivity index (χ3v) is 3.04. The van der Waals surface area contributed by atoms with Gasteiger partial charge in [0.2, 0.25) is 0 Å². The topological polar surface area (TPSA) is 49.0 Å². The first-order valence-corrected chi connectivity index (χ1v) is 5.87. The smallest absolute Gasteiger partial charge is 0.252 e. The largest absolute Gasteiger partial charge is 0.356 e. The van der Waals surface area contributed by atoms with Crippen LogP contribution in [0.1, 0.15) is 26.1 Å². The molecule has 0 saturated carbocycles. The van der Waals surface area contributed by atoms with Gasteiger partial charge < -0.3 is 9.88 Å². The summed E-state index contributed by atoms with van der Waals surface area (Å²) in [5, 5.41) is 0. The zero-order chi connectivity index (χ0) is 11.7. The van der Waals surface area contributed by atoms with E-state index < -0.39 is 0 Å². The Morgan fingerprint density at radius 3 is 2.56 bits per heavy atom. The Morgan fingerprint density at radius 1 is 1.38 bits per heavy atom. The second kappa shape index (κ2) is 4.28. The Balaban J connectivity index is 2.26. The van der Waals surface area contributed by atoms with Crippen LogP contribution in [0.2, 0.25) is 0 Å². The van der Waals surface area contributed by atoms with Crippen molar-refractivity contribution >= 4 is 5.82 Å². The number of piperidine rings is 1. The fourth-order valence-corrected chi connectivity index (χ4v) is 2.58. The number of rotatable bonds is 1. The second-order valence-electron chi connectivity index (χ2n) is 5.04. The number of H-pyrrole nitrogens is 1. The molecule has 1 aliphatic heterocycles. The van der Waals surface area contributed by atoms with E-state index in [-0.39, 0.29) is 5.56 Å². The summed E-state index contributed by atoms with van der Waals surface area (Å²) in [5.74, 6) is 2.85. The van der Waals surface area contributed by atoms with Crippen LogP contribution in [0, 0.1) is 18.8 Å². The molecule has 88 valence electrons. The van der Waals surface area contributed by atoms with Crippen LogP contribution < -0.4 is 10.5 Å². The SMILES string of the molecule is Cc1nc(N2CC(C)CC(C)C2)cc(=O)[nH]1. The molecule has 2 heterocycles. The summed E-state index contributed by atoms with van der Waals surface area (Å²) in [6, 6.07) is 1.60. The first kappa shape index (κ1) is 11.2. The maximum Gasteiger partial charge on any atom is 0.252 e. The number of aromatic nitrogens is 2. The summed E-state index contributed by atoms with van der Waals surface area (Å²) < 4.78 is 0. The van der Waals surface area contributed by atoms with Crippen molar-refractivity contribution in [2.24, 2.45) is 11.8 Å². The molecule has 2 rings (SSSR count). The predicted molar refractivity (Wildman–Crippen MR) is 64.8 cm³/mol. The highest BCUT2D eigenvalue weighted by Crippen LogP contribution is 2.24. The van der Waals surface area contributed by atoms with Gasteiger partial charge in [-0.05, 0) is 25.2 Å². The van der Waals surface area contributed by atoms with E-state index in [1.807, 2.05) is 6.92 Å². The highest BCUT2D eigenvalue weighted by molar-refractivity contribution is 5.38. The fourth-order valence-electron chi connectivity index (χ4n) is 2.58. The van der Waals surface area contributed by atoms with Crippen molar-refractivity contribution in [2.45, 2.75) is 27.2 Å². The van der Waals surface area contributed by atoms with Gasteiger partial charge in [-0.2, -0.15) is 0 Å². The molecule has 1 fully saturated rings. The van der Waals surface area contributed by atoms with Gasteiger partial charge in [-0.15, -0.1) is 0 Å². The lowest BCUT2D eigenvalue weighted by Gasteiger charge is -2.35. The van der Waals surface area contributed by atoms with Crippen molar-refractivity contribution in [2.75, 3.05) is 18.0 Å². The van der Waals surface area contributed by atoms with Gasteiger partial charge in [-0.3, -0.25) is 4.79 Å². The average molecular weight is 221 g/mol. The van der Waals surface area contributed by atoms with Crippen LogP contribution in [0.4, 0.5) is 5.82 Å². The van der Waals surface area contributed by atoms with Gasteiger partial charge in [-0.25, -0.2) is 4.98 Å². The predicted octanol–water partition coefficient (Wildman–Crippen LogP) is 1.56. The lowest BCUT2D eigenvalue weighted by Crippen LogP contribution is -2.39. The van der Waals surface area contributed by atoms with Crippen molar-refractivity contribution < 1.29 is 0 Å². The van der Waals surface area contributed by atoms with Crippen molar-refractivity contribution in [3.63, 3.8) is 0 Å². The lowest BCUT2D eigenvalue weighted by atomic mass is 9.92. The number of nitrogens with one attached hydrogen (secondary N) is 1. The molecule has 0 aromatic carbocycles. The number of nitrogens with zero attached hydrogens (tertiary/aromatic N) is 2. The van der Waals surface area contributed by atoms with E-state index in [0.717, 1.165) is 18.9 Å². The van der Waals surface area contributed by atoms with Crippen LogP contribution in [-0.2, 0) is 0 Å². The first-order valence-electron chi connectivity index (χ1n) is 5.87. The molecule has 1 N–H and O–H groups in total. The van der Waals surface area contributed by atoms with Gasteiger partial charge in [0.1, 0.15) is 11.6 Å². The molecule has 0 aliphatic carbocycles. The number of aromatic amines is 1. The number of hydrogen-bond acceptors (Lipinski definition) is 3. The highest BCUT2D eigenvalue weighted by Gasteiger charge is 2.22. The Bertz CT molecular complexity index is 417. The molecule has 0 spiro atoms. The molecule has 1 saturated heterocycles. The molecule has 1 aliphatic rings. The maximum absolute atomic E-state index is 11.4. The van der Waals surface area contributed by atoms with Gasteiger partial charge in [0, 0.05) is 19.2 Å². The molecular weight excluding hydrogens is 202 g/mol. The van der Waals surface area contributed by atoms with E-state index in [1.54, 1.807) is 6.07 Å². The molecule has 16 heavy (non-hydrogen) atoms. The zero-order valence-electron chi connectivity index (χ0n) is 10.2. The molecule has 1 aromatic rings. The first-order chi connectivity index (χ1) is 7.54. The third-order valence-electron chi connectivity index (χ3n) is 3.04. The summed E-state index contributed by atoms with van der Waals surface area (Å²) in [4.78, 5) is 20.7. The Hall–Kier alpha value is -1.32. The molecule has 4 heteroatoms. The van der Waals surface area contributed by atoms with Crippen LogP contribution in [0.5, 0.6) is 0 Å². The van der Waals surface area contributed by atoms with Crippen LogP contribution in [0.3, 0.4) is 0 Å². The molecule has 4 nitrogen and oxygen atoms in total. The quantitative estimate of drug-likeness (QED) is 0.783. The fraction of sp³-hybridized carbons (Fsp3) is 0.667. The molecule has 2 unspecified atom stereocenters. The van der Waals surface area contributed by atoms with Crippen molar-refractivity contribution in [3.8, 4) is 0 Å². The number of anilines is 1. The van der Waals surface area contributed by atoms with E-state index in [1.165, 1.54) is 6.42 Å². The molecule has 0 bridgehead atoms. The standard InChI is InChI=1S/C12H19N3O/c1-8-4-9(2)7-15(6-8)11-5-12(16)14-10(3)13-11/h5,8-9H,4,6-7H2,1-3H3,(H,13,14,16). The normalized spacial score (nSPS) is 25.8. The third kappa shape index (κ3) is 2.43. The molecule has 0 amide bonds. The lowest BCUT2D eigenvalue weighted by molar-refractivity contribution is 0.355. The second-order valence-corrected chi connectivity index (χ2v) is 5.04. The van der Waals surface area contributed by atoms with Crippen molar-refractivity contribution in [3.05, 3.63) is 22.2 Å². The van der Waals surface area contributed by atoms with Gasteiger partial charge in [0.25, 0.3) is 5.56 Å².